The van der Waals surface area contributed by atoms with Gasteiger partial charge in [-0.15, -0.1) is 0 Å². The molecule has 0 radical (unpaired) electrons. The average molecular weight is 258 g/mol. The Morgan fingerprint density at radius 2 is 2.16 bits per heavy atom. The number of piperidine rings is 1. The molecule has 1 aromatic rings. The zero-order chi connectivity index (χ0) is 13.3. The molecule has 1 unspecified atom stereocenters. The summed E-state index contributed by atoms with van der Waals surface area (Å²) in [4.78, 5) is 2.54. The van der Waals surface area contributed by atoms with E-state index in [4.69, 9.17) is 0 Å². The molecule has 2 nitrogen and oxygen atoms in total. The molecule has 0 aromatic heterocycles. The van der Waals surface area contributed by atoms with Crippen molar-refractivity contribution in [2.75, 3.05) is 32.7 Å². The van der Waals surface area contributed by atoms with Crippen molar-refractivity contribution in [2.24, 2.45) is 5.92 Å². The molecule has 0 amide bonds. The first-order valence-corrected chi connectivity index (χ1v) is 7.53. The topological polar surface area (TPSA) is 15.3 Å². The van der Waals surface area contributed by atoms with Crippen LogP contribution in [0.15, 0.2) is 36.4 Å². The first-order valence-electron chi connectivity index (χ1n) is 7.53. The minimum atomic E-state index is 0.832. The Morgan fingerprint density at radius 3 is 2.84 bits per heavy atom. The maximum atomic E-state index is 3.50. The molecule has 1 fully saturated rings. The second-order valence-corrected chi connectivity index (χ2v) is 5.38. The summed E-state index contributed by atoms with van der Waals surface area (Å²) in [6.07, 6.45) is 7.23. The lowest BCUT2D eigenvalue weighted by Gasteiger charge is -2.28. The van der Waals surface area contributed by atoms with Gasteiger partial charge in [-0.2, -0.15) is 0 Å². The van der Waals surface area contributed by atoms with Crippen LogP contribution in [0.2, 0.25) is 0 Å². The fourth-order valence-electron chi connectivity index (χ4n) is 2.68. The Kier molecular flexibility index (Phi) is 6.12. The molecule has 104 valence electrons. The quantitative estimate of drug-likeness (QED) is 0.844. The first kappa shape index (κ1) is 14.3. The number of hydrogen-bond acceptors (Lipinski definition) is 2. The van der Waals surface area contributed by atoms with Gasteiger partial charge in [-0.1, -0.05) is 49.4 Å². The third-order valence-electron chi connectivity index (χ3n) is 3.84. The van der Waals surface area contributed by atoms with E-state index in [0.717, 1.165) is 19.0 Å². The van der Waals surface area contributed by atoms with Gasteiger partial charge >= 0.3 is 0 Å². The maximum Gasteiger partial charge on any atom is 0.0166 e. The van der Waals surface area contributed by atoms with Gasteiger partial charge < -0.3 is 5.32 Å². The Bertz CT molecular complexity index is 366. The fourth-order valence-corrected chi connectivity index (χ4v) is 2.68. The van der Waals surface area contributed by atoms with E-state index >= 15 is 0 Å². The molecule has 1 aliphatic rings. The summed E-state index contributed by atoms with van der Waals surface area (Å²) in [6.45, 7) is 8.07. The molecular weight excluding hydrogens is 232 g/mol. The van der Waals surface area contributed by atoms with E-state index in [-0.39, 0.29) is 0 Å². The molecule has 1 heterocycles. The Labute approximate surface area is 117 Å². The molecule has 1 aliphatic heterocycles. The second kappa shape index (κ2) is 8.13. The van der Waals surface area contributed by atoms with E-state index in [9.17, 15) is 0 Å². The number of rotatable bonds is 6. The van der Waals surface area contributed by atoms with Crippen molar-refractivity contribution in [3.63, 3.8) is 0 Å². The summed E-state index contributed by atoms with van der Waals surface area (Å²) < 4.78 is 0. The predicted octanol–water partition coefficient (Wildman–Crippen LogP) is 3.02. The van der Waals surface area contributed by atoms with Crippen LogP contribution in [0.5, 0.6) is 0 Å². The molecule has 0 aliphatic carbocycles. The predicted molar refractivity (Wildman–Crippen MR) is 83.2 cm³/mol. The van der Waals surface area contributed by atoms with Gasteiger partial charge in [0.15, 0.2) is 0 Å². The van der Waals surface area contributed by atoms with Crippen molar-refractivity contribution in [1.29, 1.82) is 0 Å². The molecule has 19 heavy (non-hydrogen) atoms. The highest BCUT2D eigenvalue weighted by molar-refractivity contribution is 5.48. The summed E-state index contributed by atoms with van der Waals surface area (Å²) in [5.41, 5.74) is 1.29. The highest BCUT2D eigenvalue weighted by Crippen LogP contribution is 2.11. The molecular formula is C17H26N2. The Balaban J connectivity index is 1.77. The zero-order valence-electron chi connectivity index (χ0n) is 12.0. The normalized spacial score (nSPS) is 20.2. The van der Waals surface area contributed by atoms with Crippen LogP contribution in [0.25, 0.3) is 6.08 Å². The van der Waals surface area contributed by atoms with Crippen molar-refractivity contribution < 1.29 is 0 Å². The van der Waals surface area contributed by atoms with E-state index in [2.05, 4.69) is 59.6 Å². The summed E-state index contributed by atoms with van der Waals surface area (Å²) in [6, 6.07) is 10.5. The lowest BCUT2D eigenvalue weighted by molar-refractivity contribution is 0.234. The van der Waals surface area contributed by atoms with Crippen molar-refractivity contribution in [1.82, 2.24) is 10.2 Å². The first-order chi connectivity index (χ1) is 9.38. The van der Waals surface area contributed by atoms with Crippen molar-refractivity contribution in [3.05, 3.63) is 42.0 Å². The number of likely N-dealkylation sites (N-methyl/N-ethyl adjacent to an activating group) is 1. The van der Waals surface area contributed by atoms with E-state index in [0.29, 0.717) is 0 Å². The van der Waals surface area contributed by atoms with Gasteiger partial charge in [0.05, 0.1) is 0 Å². The van der Waals surface area contributed by atoms with E-state index < -0.39 is 0 Å². The minimum absolute atomic E-state index is 0.832. The smallest absolute Gasteiger partial charge is 0.0166 e. The number of benzene rings is 1. The maximum absolute atomic E-state index is 3.50. The summed E-state index contributed by atoms with van der Waals surface area (Å²) >= 11 is 0. The fraction of sp³-hybridized carbons (Fsp3) is 0.529. The van der Waals surface area contributed by atoms with Gasteiger partial charge in [-0.25, -0.2) is 0 Å². The molecule has 0 spiro atoms. The van der Waals surface area contributed by atoms with Crippen LogP contribution in [0.3, 0.4) is 0 Å². The van der Waals surface area contributed by atoms with Gasteiger partial charge in [0.1, 0.15) is 0 Å². The monoisotopic (exact) mass is 258 g/mol. The standard InChI is InChI=1S/C17H26N2/c1-2-19(15-17-10-6-12-18-14-17)13-7-11-16-8-4-3-5-9-16/h3-5,7-9,11,17-18H,2,6,10,12-15H2,1H3/b11-7+. The molecule has 2 heteroatoms. The lowest BCUT2D eigenvalue weighted by atomic mass is 9.99. The molecule has 1 saturated heterocycles. The second-order valence-electron chi connectivity index (χ2n) is 5.38. The highest BCUT2D eigenvalue weighted by Gasteiger charge is 2.15. The molecule has 2 rings (SSSR count). The molecule has 1 atom stereocenters. The third kappa shape index (κ3) is 5.17. The highest BCUT2D eigenvalue weighted by atomic mass is 15.1. The van der Waals surface area contributed by atoms with Crippen LogP contribution in [-0.4, -0.2) is 37.6 Å². The SMILES string of the molecule is CCN(C/C=C/c1ccccc1)CC1CCCNC1. The number of nitrogens with one attached hydrogen (secondary N) is 1. The van der Waals surface area contributed by atoms with Gasteiger partial charge in [0.25, 0.3) is 0 Å². The van der Waals surface area contributed by atoms with Crippen LogP contribution in [0, 0.1) is 5.92 Å². The minimum Gasteiger partial charge on any atom is -0.316 e. The molecule has 0 saturated carbocycles. The van der Waals surface area contributed by atoms with Crippen LogP contribution in [0.4, 0.5) is 0 Å². The average Bonchev–Trinajstić information content (AvgIpc) is 2.48. The molecule has 1 N–H and O–H groups in total. The van der Waals surface area contributed by atoms with Crippen molar-refractivity contribution in [3.8, 4) is 0 Å². The van der Waals surface area contributed by atoms with Gasteiger partial charge in [-0.05, 0) is 44.0 Å². The van der Waals surface area contributed by atoms with Crippen LogP contribution >= 0.6 is 0 Å². The molecule has 1 aromatic carbocycles. The number of nitrogens with zero attached hydrogens (tertiary/aromatic N) is 1. The van der Waals surface area contributed by atoms with E-state index in [1.165, 1.54) is 38.0 Å². The molecule has 0 bridgehead atoms. The Hall–Kier alpha value is -1.12. The van der Waals surface area contributed by atoms with E-state index in [1.807, 2.05) is 0 Å². The van der Waals surface area contributed by atoms with Crippen LogP contribution in [0.1, 0.15) is 25.3 Å². The van der Waals surface area contributed by atoms with Crippen LogP contribution in [-0.2, 0) is 0 Å². The largest absolute Gasteiger partial charge is 0.316 e. The lowest BCUT2D eigenvalue weighted by Crippen LogP contribution is -2.38. The summed E-state index contributed by atoms with van der Waals surface area (Å²) in [7, 11) is 0. The summed E-state index contributed by atoms with van der Waals surface area (Å²) in [5, 5.41) is 3.50. The third-order valence-corrected chi connectivity index (χ3v) is 3.84. The zero-order valence-corrected chi connectivity index (χ0v) is 12.0. The van der Waals surface area contributed by atoms with Gasteiger partial charge in [0, 0.05) is 13.1 Å². The van der Waals surface area contributed by atoms with Gasteiger partial charge in [-0.3, -0.25) is 4.90 Å². The summed E-state index contributed by atoms with van der Waals surface area (Å²) in [5.74, 6) is 0.832. The van der Waals surface area contributed by atoms with E-state index in [1.54, 1.807) is 0 Å². The Morgan fingerprint density at radius 1 is 1.32 bits per heavy atom. The van der Waals surface area contributed by atoms with Crippen molar-refractivity contribution in [2.45, 2.75) is 19.8 Å². The van der Waals surface area contributed by atoms with Crippen molar-refractivity contribution >= 4 is 6.08 Å². The van der Waals surface area contributed by atoms with Crippen LogP contribution < -0.4 is 5.32 Å². The van der Waals surface area contributed by atoms with Gasteiger partial charge in [0.2, 0.25) is 0 Å². The number of hydrogen-bond donors (Lipinski definition) is 1.